The third-order valence-corrected chi connectivity index (χ3v) is 12.4. The number of carbonyl (C=O) groups excluding carboxylic acids is 3. The fourth-order valence-corrected chi connectivity index (χ4v) is 9.93. The SMILES string of the molecule is C[C@H](CCC(=O)Oc1c(F)c(F)c(S(=O)(=O)[O-])c(F)c1F)[C@H]1CC[C@H]2[C@@H]3C(=O)C[C@@H]4CC(=O)CC[C@]4(C)[C@H]3CC[C@]12C. The Balaban J connectivity index is 1.27. The summed E-state index contributed by atoms with van der Waals surface area (Å²) in [6.07, 6.45) is 5.74. The number of benzene rings is 1. The van der Waals surface area contributed by atoms with Crippen molar-refractivity contribution in [2.75, 3.05) is 0 Å². The van der Waals surface area contributed by atoms with Gasteiger partial charge >= 0.3 is 5.97 Å². The first-order chi connectivity index (χ1) is 19.5. The van der Waals surface area contributed by atoms with E-state index in [0.717, 1.165) is 32.1 Å². The van der Waals surface area contributed by atoms with Gasteiger partial charge in [-0.3, -0.25) is 14.4 Å². The fourth-order valence-electron chi connectivity index (χ4n) is 9.31. The third-order valence-electron chi connectivity index (χ3n) is 11.5. The standard InChI is InChI=1S/C30H36F4O7S/c1-14(4-7-21(37)41-27-23(31)25(33)28(42(38,39)40)26(34)24(27)32)17-5-6-18-22-19(9-11-30(17,18)3)29(2)10-8-16(35)12-15(29)13-20(22)36/h14-15,17-19,22H,4-13H2,1-3H3,(H,38,39,40)/p-1/t14-,15+,17-,18+,19+,22+,29+,30-/m1/s1. The average Bonchev–Trinajstić information content (AvgIpc) is 3.26. The second kappa shape index (κ2) is 10.7. The second-order valence-corrected chi connectivity index (χ2v) is 14.8. The molecule has 0 bridgehead atoms. The molecule has 4 saturated carbocycles. The number of ether oxygens (including phenoxy) is 1. The van der Waals surface area contributed by atoms with Crippen molar-refractivity contribution in [3.63, 3.8) is 0 Å². The molecule has 0 aromatic heterocycles. The molecule has 8 atom stereocenters. The molecule has 0 radical (unpaired) electrons. The van der Waals surface area contributed by atoms with Crippen molar-refractivity contribution >= 4 is 27.7 Å². The fraction of sp³-hybridized carbons (Fsp3) is 0.700. The lowest BCUT2D eigenvalue weighted by Crippen LogP contribution is -2.57. The number of hydrogen-bond acceptors (Lipinski definition) is 7. The first-order valence-corrected chi connectivity index (χ1v) is 16.0. The zero-order valence-corrected chi connectivity index (χ0v) is 24.6. The van der Waals surface area contributed by atoms with Crippen LogP contribution in [0.1, 0.15) is 85.0 Å². The minimum absolute atomic E-state index is 0.0269. The zero-order chi connectivity index (χ0) is 30.9. The van der Waals surface area contributed by atoms with Crippen molar-refractivity contribution in [1.82, 2.24) is 0 Å². The highest BCUT2D eigenvalue weighted by atomic mass is 32.2. The summed E-state index contributed by atoms with van der Waals surface area (Å²) in [6.45, 7) is 6.42. The smallest absolute Gasteiger partial charge is 0.311 e. The van der Waals surface area contributed by atoms with E-state index in [1.54, 1.807) is 0 Å². The number of hydrogen-bond donors (Lipinski definition) is 0. The molecule has 4 aliphatic rings. The van der Waals surface area contributed by atoms with Crippen LogP contribution in [0.25, 0.3) is 0 Å². The molecule has 1 aromatic rings. The van der Waals surface area contributed by atoms with Crippen LogP contribution in [-0.4, -0.2) is 30.5 Å². The third kappa shape index (κ3) is 4.90. The molecule has 0 aliphatic heterocycles. The predicted molar refractivity (Wildman–Crippen MR) is 139 cm³/mol. The largest absolute Gasteiger partial charge is 0.744 e. The first-order valence-electron chi connectivity index (χ1n) is 14.6. The van der Waals surface area contributed by atoms with Crippen LogP contribution in [0.5, 0.6) is 5.75 Å². The summed E-state index contributed by atoms with van der Waals surface area (Å²) < 4.78 is 94.3. The minimum atomic E-state index is -5.88. The molecule has 42 heavy (non-hydrogen) atoms. The van der Waals surface area contributed by atoms with Crippen LogP contribution in [0.3, 0.4) is 0 Å². The van der Waals surface area contributed by atoms with Crippen LogP contribution in [0.2, 0.25) is 0 Å². The number of esters is 1. The van der Waals surface area contributed by atoms with Crippen LogP contribution in [0.4, 0.5) is 17.6 Å². The van der Waals surface area contributed by atoms with Gasteiger partial charge in [-0.1, -0.05) is 20.8 Å². The highest BCUT2D eigenvalue weighted by Gasteiger charge is 2.63. The number of halogens is 4. The molecule has 232 valence electrons. The van der Waals surface area contributed by atoms with Crippen LogP contribution in [-0.2, 0) is 24.5 Å². The molecule has 4 aliphatic carbocycles. The van der Waals surface area contributed by atoms with E-state index in [9.17, 15) is 44.9 Å². The van der Waals surface area contributed by atoms with Gasteiger partial charge in [0.25, 0.3) is 0 Å². The summed E-state index contributed by atoms with van der Waals surface area (Å²) in [6, 6.07) is 0. The summed E-state index contributed by atoms with van der Waals surface area (Å²) in [4.78, 5) is 35.8. The van der Waals surface area contributed by atoms with Crippen molar-refractivity contribution in [3.8, 4) is 5.75 Å². The molecular formula is C30H35F4O7S-. The van der Waals surface area contributed by atoms with Crippen molar-refractivity contribution in [2.24, 2.45) is 46.3 Å². The quantitative estimate of drug-likeness (QED) is 0.129. The van der Waals surface area contributed by atoms with Crippen LogP contribution < -0.4 is 4.74 Å². The van der Waals surface area contributed by atoms with Gasteiger partial charge in [0, 0.05) is 31.6 Å². The van der Waals surface area contributed by atoms with E-state index in [4.69, 9.17) is 0 Å². The Kier molecular flexibility index (Phi) is 7.91. The summed E-state index contributed by atoms with van der Waals surface area (Å²) in [5.74, 6) is -11.3. The molecule has 5 rings (SSSR count). The number of rotatable bonds is 6. The van der Waals surface area contributed by atoms with Crippen LogP contribution >= 0.6 is 0 Å². The van der Waals surface area contributed by atoms with Crippen molar-refractivity contribution in [2.45, 2.75) is 89.9 Å². The number of carbonyl (C=O) groups is 3. The molecule has 0 N–H and O–H groups in total. The highest BCUT2D eigenvalue weighted by molar-refractivity contribution is 7.85. The van der Waals surface area contributed by atoms with E-state index in [0.29, 0.717) is 19.3 Å². The normalized spacial score (nSPS) is 35.3. The lowest BCUT2D eigenvalue weighted by molar-refractivity contribution is -0.159. The van der Waals surface area contributed by atoms with Crippen LogP contribution in [0.15, 0.2) is 4.90 Å². The molecule has 0 amide bonds. The molecular weight excluding hydrogens is 580 g/mol. The molecule has 0 heterocycles. The van der Waals surface area contributed by atoms with Gasteiger partial charge in [-0.15, -0.1) is 0 Å². The van der Waals surface area contributed by atoms with E-state index in [1.165, 1.54) is 0 Å². The van der Waals surface area contributed by atoms with Gasteiger partial charge < -0.3 is 9.29 Å². The Bertz CT molecular complexity index is 1420. The summed E-state index contributed by atoms with van der Waals surface area (Å²) in [7, 11) is -5.88. The Labute approximate surface area is 242 Å². The topological polar surface area (TPSA) is 118 Å². The minimum Gasteiger partial charge on any atom is -0.744 e. The maximum Gasteiger partial charge on any atom is 0.311 e. The molecule has 0 spiro atoms. The molecule has 0 unspecified atom stereocenters. The van der Waals surface area contributed by atoms with Gasteiger partial charge in [-0.25, -0.2) is 17.2 Å². The molecule has 1 aromatic carbocycles. The highest BCUT2D eigenvalue weighted by Crippen LogP contribution is 2.67. The van der Waals surface area contributed by atoms with E-state index in [1.807, 2.05) is 6.92 Å². The summed E-state index contributed by atoms with van der Waals surface area (Å²) in [5, 5.41) is 0. The Morgan fingerprint density at radius 2 is 1.57 bits per heavy atom. The van der Waals surface area contributed by atoms with E-state index in [2.05, 4.69) is 18.6 Å². The average molecular weight is 616 g/mol. The second-order valence-electron chi connectivity index (χ2n) is 13.4. The lowest BCUT2D eigenvalue weighted by Gasteiger charge is -2.59. The van der Waals surface area contributed by atoms with Crippen molar-refractivity contribution in [3.05, 3.63) is 23.3 Å². The van der Waals surface area contributed by atoms with Gasteiger partial charge in [0.05, 0.1) is 0 Å². The van der Waals surface area contributed by atoms with Gasteiger partial charge in [0.1, 0.15) is 26.6 Å². The van der Waals surface area contributed by atoms with E-state index < -0.39 is 50.0 Å². The Morgan fingerprint density at radius 3 is 2.19 bits per heavy atom. The maximum absolute atomic E-state index is 14.3. The summed E-state index contributed by atoms with van der Waals surface area (Å²) in [5.41, 5.74) is -0.182. The number of ketones is 2. The Morgan fingerprint density at radius 1 is 0.952 bits per heavy atom. The molecule has 4 fully saturated rings. The maximum atomic E-state index is 14.3. The number of fused-ring (bicyclic) bond motifs is 5. The predicted octanol–water partition coefficient (Wildman–Crippen LogP) is 5.88. The van der Waals surface area contributed by atoms with E-state index in [-0.39, 0.29) is 70.7 Å². The lowest BCUT2D eigenvalue weighted by atomic mass is 9.44. The molecule has 0 saturated heterocycles. The Hall–Kier alpha value is -2.34. The van der Waals surface area contributed by atoms with Crippen molar-refractivity contribution < 1.29 is 49.7 Å². The van der Waals surface area contributed by atoms with E-state index >= 15 is 0 Å². The van der Waals surface area contributed by atoms with Gasteiger partial charge in [-0.2, -0.15) is 8.78 Å². The molecule has 7 nitrogen and oxygen atoms in total. The monoisotopic (exact) mass is 615 g/mol. The van der Waals surface area contributed by atoms with Crippen molar-refractivity contribution in [1.29, 1.82) is 0 Å². The van der Waals surface area contributed by atoms with Gasteiger partial charge in [0.15, 0.2) is 11.6 Å². The van der Waals surface area contributed by atoms with Crippen LogP contribution in [0, 0.1) is 69.6 Å². The number of Topliss-reactive ketones (excluding diaryl/α,β-unsaturated/α-hetero) is 2. The van der Waals surface area contributed by atoms with Gasteiger partial charge in [-0.05, 0) is 78.9 Å². The zero-order valence-electron chi connectivity index (χ0n) is 23.8. The first kappa shape index (κ1) is 31.1. The summed E-state index contributed by atoms with van der Waals surface area (Å²) >= 11 is 0. The molecule has 12 heteroatoms. The van der Waals surface area contributed by atoms with Gasteiger partial charge in [0.2, 0.25) is 17.4 Å².